The molecule has 0 spiro atoms. The van der Waals surface area contributed by atoms with Crippen molar-refractivity contribution in [2.24, 2.45) is 0 Å². The Labute approximate surface area is 97.2 Å². The van der Waals surface area contributed by atoms with Gasteiger partial charge in [-0.2, -0.15) is 13.2 Å². The summed E-state index contributed by atoms with van der Waals surface area (Å²) >= 11 is 0. The molecule has 0 fully saturated rings. The van der Waals surface area contributed by atoms with E-state index < -0.39 is 12.3 Å². The first-order valence-corrected chi connectivity index (χ1v) is 5.10. The molecule has 1 aromatic carbocycles. The zero-order valence-electron chi connectivity index (χ0n) is 9.29. The molecule has 6 heteroatoms. The maximum Gasteiger partial charge on any atom is 0.485 e. The minimum Gasteiger partial charge on any atom is -0.321 e. The number of amides is 2. The second kappa shape index (κ2) is 5.56. The fourth-order valence-corrected chi connectivity index (χ4v) is 1.33. The molecule has 0 aromatic heterocycles. The van der Waals surface area contributed by atoms with E-state index in [1.54, 1.807) is 37.3 Å². The predicted octanol–water partition coefficient (Wildman–Crippen LogP) is 2.74. The monoisotopic (exact) mass is 246 g/mol. The Hall–Kier alpha value is -1.72. The number of nitrogens with zero attached hydrogens (tertiary/aromatic N) is 1. The van der Waals surface area contributed by atoms with E-state index in [-0.39, 0.29) is 13.1 Å². The number of hydrogen-bond donors (Lipinski definition) is 1. The molecule has 94 valence electrons. The Kier molecular flexibility index (Phi) is 4.37. The molecular formula is C11H13F3N2O. The van der Waals surface area contributed by atoms with Crippen molar-refractivity contribution in [3.8, 4) is 0 Å². The van der Waals surface area contributed by atoms with Gasteiger partial charge in [-0.25, -0.2) is 10.1 Å². The van der Waals surface area contributed by atoms with Gasteiger partial charge in [-0.3, -0.25) is 0 Å². The molecular weight excluding hydrogens is 233 g/mol. The van der Waals surface area contributed by atoms with Crippen molar-refractivity contribution in [1.29, 1.82) is 0 Å². The summed E-state index contributed by atoms with van der Waals surface area (Å²) in [5.74, 6) is 0. The predicted molar refractivity (Wildman–Crippen MR) is 57.1 cm³/mol. The zero-order chi connectivity index (χ0) is 12.9. The molecule has 0 aliphatic rings. The summed E-state index contributed by atoms with van der Waals surface area (Å²) in [4.78, 5) is 12.4. The van der Waals surface area contributed by atoms with Crippen LogP contribution in [-0.2, 0) is 6.54 Å². The average molecular weight is 246 g/mol. The summed E-state index contributed by atoms with van der Waals surface area (Å²) in [5.41, 5.74) is 0.784. The van der Waals surface area contributed by atoms with Crippen LogP contribution >= 0.6 is 0 Å². The van der Waals surface area contributed by atoms with Gasteiger partial charge in [-0.15, -0.1) is 0 Å². The van der Waals surface area contributed by atoms with Crippen LogP contribution in [0.15, 0.2) is 30.3 Å². The van der Waals surface area contributed by atoms with Crippen molar-refractivity contribution in [2.75, 3.05) is 6.54 Å². The van der Waals surface area contributed by atoms with Gasteiger partial charge in [0, 0.05) is 13.1 Å². The van der Waals surface area contributed by atoms with E-state index in [4.69, 9.17) is 0 Å². The van der Waals surface area contributed by atoms with Gasteiger partial charge in [0.2, 0.25) is 0 Å². The lowest BCUT2D eigenvalue weighted by molar-refractivity contribution is -0.147. The van der Waals surface area contributed by atoms with Crippen molar-refractivity contribution < 1.29 is 18.0 Å². The molecule has 1 aromatic rings. The van der Waals surface area contributed by atoms with Gasteiger partial charge in [0.05, 0.1) is 0 Å². The second-order valence-corrected chi connectivity index (χ2v) is 3.43. The van der Waals surface area contributed by atoms with Crippen LogP contribution in [0.1, 0.15) is 12.5 Å². The molecule has 0 bridgehead atoms. The van der Waals surface area contributed by atoms with E-state index in [0.717, 1.165) is 15.8 Å². The number of benzene rings is 1. The fourth-order valence-electron chi connectivity index (χ4n) is 1.33. The van der Waals surface area contributed by atoms with Gasteiger partial charge in [0.15, 0.2) is 0 Å². The molecule has 0 aliphatic heterocycles. The minimum atomic E-state index is -4.69. The second-order valence-electron chi connectivity index (χ2n) is 3.43. The molecule has 0 saturated carbocycles. The van der Waals surface area contributed by atoms with Crippen LogP contribution in [0, 0.1) is 0 Å². The molecule has 0 heterocycles. The lowest BCUT2D eigenvalue weighted by Crippen LogP contribution is -2.46. The topological polar surface area (TPSA) is 32.3 Å². The van der Waals surface area contributed by atoms with Crippen LogP contribution < -0.4 is 5.32 Å². The molecule has 0 unspecified atom stereocenters. The first-order chi connectivity index (χ1) is 7.92. The maximum atomic E-state index is 12.0. The molecule has 0 saturated heterocycles. The highest BCUT2D eigenvalue weighted by Crippen LogP contribution is 2.11. The highest BCUT2D eigenvalue weighted by atomic mass is 19.4. The molecule has 0 radical (unpaired) electrons. The van der Waals surface area contributed by atoms with Gasteiger partial charge in [-0.1, -0.05) is 30.3 Å². The van der Waals surface area contributed by atoms with Crippen molar-refractivity contribution >= 4 is 6.03 Å². The van der Waals surface area contributed by atoms with Crippen LogP contribution in [0.25, 0.3) is 0 Å². The number of carbonyl (C=O) groups excluding carboxylic acids is 1. The Morgan fingerprint density at radius 1 is 1.29 bits per heavy atom. The van der Waals surface area contributed by atoms with E-state index in [0.29, 0.717) is 0 Å². The summed E-state index contributed by atoms with van der Waals surface area (Å²) in [5, 5.41) is 0.977. The molecule has 17 heavy (non-hydrogen) atoms. The number of nitrogens with one attached hydrogen (secondary N) is 1. The first-order valence-electron chi connectivity index (χ1n) is 5.10. The summed E-state index contributed by atoms with van der Waals surface area (Å²) in [6, 6.07) is 7.71. The number of urea groups is 1. The third-order valence-corrected chi connectivity index (χ3v) is 2.13. The van der Waals surface area contributed by atoms with E-state index in [1.807, 2.05) is 0 Å². The van der Waals surface area contributed by atoms with Gasteiger partial charge < -0.3 is 4.90 Å². The minimum absolute atomic E-state index is 0.152. The van der Waals surface area contributed by atoms with Gasteiger partial charge >= 0.3 is 12.3 Å². The Morgan fingerprint density at radius 3 is 2.35 bits per heavy atom. The van der Waals surface area contributed by atoms with E-state index in [9.17, 15) is 18.0 Å². The molecule has 3 nitrogen and oxygen atoms in total. The molecule has 1 rings (SSSR count). The Morgan fingerprint density at radius 2 is 1.88 bits per heavy atom. The van der Waals surface area contributed by atoms with Crippen LogP contribution in [0.3, 0.4) is 0 Å². The van der Waals surface area contributed by atoms with E-state index >= 15 is 0 Å². The van der Waals surface area contributed by atoms with Crippen molar-refractivity contribution in [3.05, 3.63) is 35.9 Å². The summed E-state index contributed by atoms with van der Waals surface area (Å²) in [6.45, 7) is 1.98. The number of alkyl halides is 3. The van der Waals surface area contributed by atoms with E-state index in [2.05, 4.69) is 0 Å². The SMILES string of the molecule is CCN(Cc1ccccc1)C(=O)NC(F)(F)F. The van der Waals surface area contributed by atoms with Gasteiger partial charge in [0.25, 0.3) is 0 Å². The quantitative estimate of drug-likeness (QED) is 0.817. The highest BCUT2D eigenvalue weighted by molar-refractivity contribution is 5.74. The third-order valence-electron chi connectivity index (χ3n) is 2.13. The van der Waals surface area contributed by atoms with Crippen LogP contribution in [-0.4, -0.2) is 23.8 Å². The summed E-state index contributed by atoms with van der Waals surface area (Å²) < 4.78 is 35.9. The molecule has 2 amide bonds. The number of hydrogen-bond acceptors (Lipinski definition) is 1. The summed E-state index contributed by atoms with van der Waals surface area (Å²) in [7, 11) is 0. The number of carbonyl (C=O) groups is 1. The normalized spacial score (nSPS) is 11.1. The average Bonchev–Trinajstić information content (AvgIpc) is 2.24. The third kappa shape index (κ3) is 4.76. The molecule has 0 atom stereocenters. The lowest BCUT2D eigenvalue weighted by atomic mass is 10.2. The van der Waals surface area contributed by atoms with Crippen LogP contribution in [0.5, 0.6) is 0 Å². The maximum absolute atomic E-state index is 12.0. The number of rotatable bonds is 3. The zero-order valence-corrected chi connectivity index (χ0v) is 9.29. The van der Waals surface area contributed by atoms with E-state index in [1.165, 1.54) is 0 Å². The summed E-state index contributed by atoms with van der Waals surface area (Å²) in [6.07, 6.45) is -4.69. The first kappa shape index (κ1) is 13.3. The fraction of sp³-hybridized carbons (Fsp3) is 0.364. The molecule has 0 aliphatic carbocycles. The standard InChI is InChI=1S/C11H13F3N2O/c1-2-16(10(17)15-11(12,13)14)8-9-6-4-3-5-7-9/h3-7H,2,8H2,1H3,(H,15,17). The smallest absolute Gasteiger partial charge is 0.321 e. The molecule has 1 N–H and O–H groups in total. The Balaban J connectivity index is 2.63. The number of halogens is 3. The van der Waals surface area contributed by atoms with Crippen LogP contribution in [0.4, 0.5) is 18.0 Å². The Bertz CT molecular complexity index is 365. The van der Waals surface area contributed by atoms with Crippen molar-refractivity contribution in [1.82, 2.24) is 10.2 Å². The van der Waals surface area contributed by atoms with Crippen molar-refractivity contribution in [2.45, 2.75) is 19.8 Å². The largest absolute Gasteiger partial charge is 0.485 e. The highest BCUT2D eigenvalue weighted by Gasteiger charge is 2.31. The van der Waals surface area contributed by atoms with Crippen molar-refractivity contribution in [3.63, 3.8) is 0 Å². The van der Waals surface area contributed by atoms with Gasteiger partial charge in [-0.05, 0) is 12.5 Å². The lowest BCUT2D eigenvalue weighted by Gasteiger charge is -2.22. The van der Waals surface area contributed by atoms with Crippen LogP contribution in [0.2, 0.25) is 0 Å². The van der Waals surface area contributed by atoms with Gasteiger partial charge in [0.1, 0.15) is 0 Å².